The minimum Gasteiger partial charge on any atom is -0.310 e. The highest BCUT2D eigenvalue weighted by Gasteiger charge is 2.22. The van der Waals surface area contributed by atoms with Gasteiger partial charge >= 0.3 is 0 Å². The fraction of sp³-hybridized carbons (Fsp3) is 0.350. The molecule has 2 aliphatic rings. The molecular weight excluding hydrogens is 351 g/mol. The lowest BCUT2D eigenvalue weighted by Gasteiger charge is -2.32. The van der Waals surface area contributed by atoms with Crippen LogP contribution in [0.3, 0.4) is 0 Å². The van der Waals surface area contributed by atoms with E-state index in [1.165, 1.54) is 18.4 Å². The molecule has 5 heteroatoms. The van der Waals surface area contributed by atoms with Crippen molar-refractivity contribution in [3.63, 3.8) is 0 Å². The largest absolute Gasteiger partial charge is 0.310 e. The van der Waals surface area contributed by atoms with Gasteiger partial charge < -0.3 is 5.32 Å². The number of nitrogens with one attached hydrogen (secondary N) is 1. The summed E-state index contributed by atoms with van der Waals surface area (Å²) in [5.41, 5.74) is 4.76. The Balaban J connectivity index is 1.29. The third-order valence-corrected chi connectivity index (χ3v) is 5.90. The molecule has 0 spiro atoms. The zero-order valence-electron chi connectivity index (χ0n) is 14.1. The summed E-state index contributed by atoms with van der Waals surface area (Å²) in [5, 5.41) is 4.53. The molecule has 2 aromatic rings. The first-order valence-electron chi connectivity index (χ1n) is 8.82. The van der Waals surface area contributed by atoms with Crippen LogP contribution in [0.5, 0.6) is 0 Å². The van der Waals surface area contributed by atoms with Crippen molar-refractivity contribution in [3.8, 4) is 0 Å². The molecule has 0 saturated carbocycles. The quantitative estimate of drug-likeness (QED) is 0.758. The summed E-state index contributed by atoms with van der Waals surface area (Å²) in [6.45, 7) is 4.14. The smallest absolute Gasteiger partial charge is 0.145 e. The minimum atomic E-state index is 0.554. The topological polar surface area (TPSA) is 27.8 Å². The highest BCUT2D eigenvalue weighted by Crippen LogP contribution is 2.32. The number of piperidine rings is 1. The van der Waals surface area contributed by atoms with Crippen LogP contribution in [-0.2, 0) is 17.6 Å². The molecule has 0 aliphatic carbocycles. The summed E-state index contributed by atoms with van der Waals surface area (Å²) in [6, 6.07) is 17.3. The average Bonchev–Trinajstić information content (AvgIpc) is 3.48. The van der Waals surface area contributed by atoms with E-state index < -0.39 is 0 Å². The van der Waals surface area contributed by atoms with Gasteiger partial charge in [0.05, 0.1) is 8.43 Å². The molecule has 2 heterocycles. The molecule has 2 aromatic carbocycles. The Morgan fingerprint density at radius 2 is 1.84 bits per heavy atom. The lowest BCUT2D eigenvalue weighted by Crippen LogP contribution is -2.42. The third-order valence-electron chi connectivity index (χ3n) is 4.94. The highest BCUT2D eigenvalue weighted by molar-refractivity contribution is 7.45. The van der Waals surface area contributed by atoms with Crippen LogP contribution in [0.25, 0.3) is 0 Å². The average molecular weight is 373 g/mol. The number of nitrogens with zero attached hydrogens (tertiary/aromatic N) is 1. The van der Waals surface area contributed by atoms with Gasteiger partial charge in [0.25, 0.3) is 0 Å². The summed E-state index contributed by atoms with van der Waals surface area (Å²) in [4.78, 5) is 2.54. The van der Waals surface area contributed by atoms with Crippen LogP contribution in [0, 0.1) is 0 Å². The Bertz CT molecular complexity index is 758. The number of rotatable bonds is 6. The van der Waals surface area contributed by atoms with Crippen LogP contribution in [0.2, 0.25) is 5.02 Å². The maximum absolute atomic E-state index is 6.41. The Labute approximate surface area is 155 Å². The van der Waals surface area contributed by atoms with E-state index in [-0.39, 0.29) is 0 Å². The molecule has 0 unspecified atom stereocenters. The molecule has 3 nitrogen and oxygen atoms in total. The van der Waals surface area contributed by atoms with E-state index in [1.807, 2.05) is 12.1 Å². The highest BCUT2D eigenvalue weighted by atomic mass is 35.5. The summed E-state index contributed by atoms with van der Waals surface area (Å²) in [6.07, 6.45) is 2.36. The molecule has 130 valence electrons. The van der Waals surface area contributed by atoms with E-state index in [2.05, 4.69) is 46.6 Å². The van der Waals surface area contributed by atoms with Crippen molar-refractivity contribution < 1.29 is 4.52 Å². The van der Waals surface area contributed by atoms with Crippen molar-refractivity contribution in [2.75, 3.05) is 13.1 Å². The second-order valence-electron chi connectivity index (χ2n) is 6.67. The van der Waals surface area contributed by atoms with Gasteiger partial charge in [-0.3, -0.25) is 9.42 Å². The second kappa shape index (κ2) is 7.99. The van der Waals surface area contributed by atoms with Gasteiger partial charge in [-0.05, 0) is 43.1 Å². The number of likely N-dealkylation sites (tertiary alicyclic amines) is 1. The summed E-state index contributed by atoms with van der Waals surface area (Å²) in [7, 11) is 0.971. The van der Waals surface area contributed by atoms with Gasteiger partial charge in [0, 0.05) is 29.7 Å². The summed E-state index contributed by atoms with van der Waals surface area (Å²) < 4.78 is 5.35. The fourth-order valence-corrected chi connectivity index (χ4v) is 4.14. The Hall–Kier alpha value is -1.22. The van der Waals surface area contributed by atoms with Crippen LogP contribution in [-0.4, -0.2) is 29.5 Å². The molecule has 0 amide bonds. The molecule has 1 fully saturated rings. The molecule has 0 aromatic heterocycles. The Morgan fingerprint density at radius 3 is 2.56 bits per heavy atom. The van der Waals surface area contributed by atoms with Crippen molar-refractivity contribution in [2.45, 2.75) is 32.0 Å². The SMILES string of the molecule is Clc1cccc(C2=PO2)c1CNC1CCN(Cc2ccccc2)CC1. The fourth-order valence-electron chi connectivity index (χ4n) is 3.44. The molecule has 0 bridgehead atoms. The van der Waals surface area contributed by atoms with Gasteiger partial charge in [-0.15, -0.1) is 0 Å². The van der Waals surface area contributed by atoms with Gasteiger partial charge in [0.15, 0.2) is 0 Å². The molecule has 0 atom stereocenters. The van der Waals surface area contributed by atoms with E-state index in [0.29, 0.717) is 6.04 Å². The molecule has 2 aliphatic heterocycles. The van der Waals surface area contributed by atoms with Crippen LogP contribution < -0.4 is 5.32 Å². The van der Waals surface area contributed by atoms with Crippen LogP contribution >= 0.6 is 20.0 Å². The van der Waals surface area contributed by atoms with Crippen LogP contribution in [0.4, 0.5) is 0 Å². The number of hydrogen-bond donors (Lipinski definition) is 1. The standard InChI is InChI=1S/C20H22ClN2OP/c21-19-8-4-7-17(20-24-25-20)18(19)13-22-16-9-11-23(12-10-16)14-15-5-2-1-3-6-15/h1-8,16,22H,9-14H2. The van der Waals surface area contributed by atoms with Gasteiger partial charge in [0.1, 0.15) is 5.48 Å². The van der Waals surface area contributed by atoms with Gasteiger partial charge in [-0.1, -0.05) is 54.1 Å². The molecule has 25 heavy (non-hydrogen) atoms. The van der Waals surface area contributed by atoms with Gasteiger partial charge in [-0.25, -0.2) is 0 Å². The van der Waals surface area contributed by atoms with Crippen molar-refractivity contribution in [2.24, 2.45) is 0 Å². The first-order chi connectivity index (χ1) is 12.3. The Morgan fingerprint density at radius 1 is 1.08 bits per heavy atom. The first kappa shape index (κ1) is 17.2. The van der Waals surface area contributed by atoms with E-state index in [9.17, 15) is 0 Å². The second-order valence-corrected chi connectivity index (χ2v) is 7.85. The van der Waals surface area contributed by atoms with Crippen LogP contribution in [0.1, 0.15) is 29.5 Å². The van der Waals surface area contributed by atoms with Gasteiger partial charge in [-0.2, -0.15) is 0 Å². The van der Waals surface area contributed by atoms with Crippen molar-refractivity contribution in [3.05, 3.63) is 70.2 Å². The zero-order valence-corrected chi connectivity index (χ0v) is 15.8. The molecule has 1 saturated heterocycles. The lowest BCUT2D eigenvalue weighted by molar-refractivity contribution is 0.190. The van der Waals surface area contributed by atoms with Gasteiger partial charge in [0.2, 0.25) is 0 Å². The maximum Gasteiger partial charge on any atom is 0.145 e. The van der Waals surface area contributed by atoms with E-state index >= 15 is 0 Å². The van der Waals surface area contributed by atoms with Crippen LogP contribution in [0.15, 0.2) is 48.5 Å². The van der Waals surface area contributed by atoms with Crippen molar-refractivity contribution >= 4 is 25.5 Å². The Kier molecular flexibility index (Phi) is 5.50. The summed E-state index contributed by atoms with van der Waals surface area (Å²) >= 11 is 6.41. The predicted octanol–water partition coefficient (Wildman–Crippen LogP) is 4.46. The number of hydrogen-bond acceptors (Lipinski definition) is 3. The molecule has 1 N–H and O–H groups in total. The van der Waals surface area contributed by atoms with Crippen molar-refractivity contribution in [1.29, 1.82) is 0 Å². The minimum absolute atomic E-state index is 0.554. The van der Waals surface area contributed by atoms with Crippen molar-refractivity contribution in [1.82, 2.24) is 10.2 Å². The third kappa shape index (κ3) is 4.49. The predicted molar refractivity (Wildman–Crippen MR) is 105 cm³/mol. The monoisotopic (exact) mass is 372 g/mol. The van der Waals surface area contributed by atoms with E-state index in [0.717, 1.165) is 56.2 Å². The lowest BCUT2D eigenvalue weighted by atomic mass is 10.0. The zero-order chi connectivity index (χ0) is 17.1. The normalized spacial score (nSPS) is 18.8. The first-order valence-corrected chi connectivity index (χ1v) is 10.0. The number of benzene rings is 2. The molecule has 4 rings (SSSR count). The van der Waals surface area contributed by atoms with E-state index in [4.69, 9.17) is 16.1 Å². The molecule has 0 radical (unpaired) electrons. The number of halogens is 1. The molecular formula is C20H22ClN2OP. The van der Waals surface area contributed by atoms with E-state index in [1.54, 1.807) is 0 Å². The maximum atomic E-state index is 6.41. The summed E-state index contributed by atoms with van der Waals surface area (Å²) in [5.74, 6) is 0.